The van der Waals surface area contributed by atoms with Crippen LogP contribution in [0.1, 0.15) is 25.2 Å². The van der Waals surface area contributed by atoms with Gasteiger partial charge in [0, 0.05) is 18.2 Å². The molecule has 8 N–H and O–H groups in total. The molecular weight excluding hydrogens is 508 g/mol. The second-order valence-corrected chi connectivity index (χ2v) is 11.7. The maximum absolute atomic E-state index is 13.4. The Morgan fingerprint density at radius 1 is 1.14 bits per heavy atom. The molecule has 0 unspecified atom stereocenters. The first-order chi connectivity index (χ1) is 17.1. The van der Waals surface area contributed by atoms with Gasteiger partial charge >= 0.3 is 0 Å². The van der Waals surface area contributed by atoms with Gasteiger partial charge in [0.05, 0.1) is 22.6 Å². The Morgan fingerprint density at radius 2 is 1.94 bits per heavy atom. The van der Waals surface area contributed by atoms with E-state index < -0.39 is 35.9 Å². The van der Waals surface area contributed by atoms with Gasteiger partial charge in [-0.2, -0.15) is 5.21 Å². The van der Waals surface area contributed by atoms with Crippen LogP contribution in [0.4, 0.5) is 0 Å². The number of fused-ring (bicyclic) bond motifs is 1. The molecule has 36 heavy (non-hydrogen) atoms. The number of sulfonamides is 2. The number of hydrogen-bond donors (Lipinski definition) is 6. The van der Waals surface area contributed by atoms with E-state index in [0.29, 0.717) is 47.5 Å². The molecule has 14 nitrogen and oxygen atoms in total. The van der Waals surface area contributed by atoms with Gasteiger partial charge in [-0.05, 0) is 42.8 Å². The molecule has 0 radical (unpaired) electrons. The first kappa shape index (κ1) is 24.4. The zero-order valence-electron chi connectivity index (χ0n) is 19.1. The molecule has 1 aliphatic heterocycles. The van der Waals surface area contributed by atoms with Crippen LogP contribution in [0.3, 0.4) is 0 Å². The Balaban J connectivity index is 1.82. The number of H-pyrrole nitrogens is 2. The van der Waals surface area contributed by atoms with Crippen LogP contribution in [0, 0.1) is 0 Å². The molecule has 0 bridgehead atoms. The summed E-state index contributed by atoms with van der Waals surface area (Å²) in [6.45, 7) is 2.83. The first-order valence-electron chi connectivity index (χ1n) is 11.0. The van der Waals surface area contributed by atoms with Crippen molar-refractivity contribution in [2.45, 2.75) is 35.2 Å². The van der Waals surface area contributed by atoms with Crippen LogP contribution in [-0.4, -0.2) is 66.6 Å². The van der Waals surface area contributed by atoms with Gasteiger partial charge in [0.15, 0.2) is 0 Å². The number of nitrogens with one attached hydrogen (secondary N) is 4. The fourth-order valence-electron chi connectivity index (χ4n) is 4.29. The highest BCUT2D eigenvalue weighted by molar-refractivity contribution is 7.92. The van der Waals surface area contributed by atoms with Crippen LogP contribution in [0.25, 0.3) is 33.5 Å². The molecule has 0 aliphatic carbocycles. The number of aromatic nitrogens is 6. The van der Waals surface area contributed by atoms with E-state index in [2.05, 4.69) is 40.6 Å². The van der Waals surface area contributed by atoms with Crippen molar-refractivity contribution in [2.24, 2.45) is 10.9 Å². The maximum Gasteiger partial charge on any atom is 0.242 e. The maximum atomic E-state index is 13.4. The van der Waals surface area contributed by atoms with Crippen molar-refractivity contribution in [1.29, 1.82) is 0 Å². The van der Waals surface area contributed by atoms with Crippen LogP contribution in [-0.2, 0) is 20.0 Å². The SMILES string of the molecule is C[C@H](N)c1nc2c(-c3ccc(S(=O)(=O)N[C@@H]4CCNC4)c(S(N)(=O)=O)c3-c3nn[nH]n3)cccc2[nH]1. The van der Waals surface area contributed by atoms with E-state index in [4.69, 9.17) is 10.9 Å². The van der Waals surface area contributed by atoms with Gasteiger partial charge in [-0.3, -0.25) is 0 Å². The van der Waals surface area contributed by atoms with Gasteiger partial charge in [0.25, 0.3) is 0 Å². The number of nitrogens with two attached hydrogens (primary N) is 2. The number of aromatic amines is 2. The van der Waals surface area contributed by atoms with Crippen LogP contribution < -0.4 is 20.9 Å². The summed E-state index contributed by atoms with van der Waals surface area (Å²) >= 11 is 0. The topological polar surface area (TPSA) is 228 Å². The molecule has 16 heteroatoms. The predicted octanol–water partition coefficient (Wildman–Crippen LogP) is -0.283. The zero-order valence-corrected chi connectivity index (χ0v) is 20.7. The Bertz CT molecular complexity index is 1640. The Labute approximate surface area is 206 Å². The third kappa shape index (κ3) is 4.38. The average Bonchev–Trinajstić information content (AvgIpc) is 3.58. The molecule has 0 amide bonds. The summed E-state index contributed by atoms with van der Waals surface area (Å²) in [4.78, 5) is 6.57. The molecule has 0 spiro atoms. The minimum Gasteiger partial charge on any atom is -0.341 e. The summed E-state index contributed by atoms with van der Waals surface area (Å²) in [5, 5.41) is 22.4. The van der Waals surface area contributed by atoms with Crippen molar-refractivity contribution in [3.63, 3.8) is 0 Å². The summed E-state index contributed by atoms with van der Waals surface area (Å²) in [6, 6.07) is 7.17. The fraction of sp³-hybridized carbons (Fsp3) is 0.300. The van der Waals surface area contributed by atoms with Gasteiger partial charge in [0.1, 0.15) is 15.6 Å². The van der Waals surface area contributed by atoms with Crippen LogP contribution >= 0.6 is 0 Å². The first-order valence-corrected chi connectivity index (χ1v) is 14.0. The number of hydrogen-bond acceptors (Lipinski definition) is 10. The molecule has 1 saturated heterocycles. The van der Waals surface area contributed by atoms with Crippen molar-refractivity contribution in [2.75, 3.05) is 13.1 Å². The number of nitrogens with zero attached hydrogens (tertiary/aromatic N) is 4. The molecular formula is C20H24N10O4S2. The highest BCUT2D eigenvalue weighted by atomic mass is 32.2. The number of primary sulfonamides is 1. The van der Waals surface area contributed by atoms with E-state index in [-0.39, 0.29) is 17.4 Å². The molecule has 4 aromatic rings. The normalized spacial score (nSPS) is 17.6. The molecule has 2 atom stereocenters. The standard InChI is InChI=1S/C20H24N10O4S2/c1-10(21)19-24-14-4-2-3-13(17(14)25-19)12-5-6-15(36(33,34)28-11-7-8-23-9-11)18(35(22,31)32)16(12)20-26-29-30-27-20/h2-6,10-11,23,28H,7-9,21H2,1H3,(H,24,25)(H2,22,31,32)(H,26,27,29,30)/t10-,11+/m0/s1. The van der Waals surface area contributed by atoms with E-state index in [0.717, 1.165) is 0 Å². The minimum atomic E-state index is -4.60. The summed E-state index contributed by atoms with van der Waals surface area (Å²) in [5.74, 6) is 0.382. The Kier molecular flexibility index (Phi) is 6.09. The van der Waals surface area contributed by atoms with Crippen molar-refractivity contribution in [3.8, 4) is 22.5 Å². The second kappa shape index (κ2) is 8.99. The van der Waals surface area contributed by atoms with Crippen LogP contribution in [0.5, 0.6) is 0 Å². The smallest absolute Gasteiger partial charge is 0.242 e. The van der Waals surface area contributed by atoms with E-state index in [1.807, 2.05) is 0 Å². The lowest BCUT2D eigenvalue weighted by molar-refractivity contribution is 0.555. The lowest BCUT2D eigenvalue weighted by atomic mass is 9.98. The Morgan fingerprint density at radius 3 is 2.58 bits per heavy atom. The molecule has 1 fully saturated rings. The number of rotatable bonds is 7. The summed E-state index contributed by atoms with van der Waals surface area (Å²) in [7, 11) is -8.90. The summed E-state index contributed by atoms with van der Waals surface area (Å²) in [5.41, 5.74) is 7.83. The molecule has 2 aromatic heterocycles. The van der Waals surface area contributed by atoms with Crippen molar-refractivity contribution >= 4 is 31.1 Å². The van der Waals surface area contributed by atoms with E-state index in [9.17, 15) is 16.8 Å². The molecule has 5 rings (SSSR count). The quantitative estimate of drug-likeness (QED) is 0.182. The number of benzene rings is 2. The molecule has 190 valence electrons. The average molecular weight is 533 g/mol. The van der Waals surface area contributed by atoms with Gasteiger partial charge < -0.3 is 16.0 Å². The molecule has 0 saturated carbocycles. The number of para-hydroxylation sites is 1. The van der Waals surface area contributed by atoms with E-state index >= 15 is 0 Å². The Hall–Kier alpha value is -3.28. The zero-order chi connectivity index (χ0) is 25.7. The third-order valence-electron chi connectivity index (χ3n) is 5.90. The van der Waals surface area contributed by atoms with Gasteiger partial charge in [0.2, 0.25) is 25.9 Å². The number of tetrazole rings is 1. The highest BCUT2D eigenvalue weighted by Gasteiger charge is 2.34. The van der Waals surface area contributed by atoms with E-state index in [1.54, 1.807) is 25.1 Å². The second-order valence-electron chi connectivity index (χ2n) is 8.52. The number of imidazole rings is 1. The van der Waals surface area contributed by atoms with Gasteiger partial charge in [-0.15, -0.1) is 10.2 Å². The molecule has 1 aliphatic rings. The van der Waals surface area contributed by atoms with Crippen molar-refractivity contribution in [1.82, 2.24) is 40.6 Å². The predicted molar refractivity (Wildman–Crippen MR) is 130 cm³/mol. The largest absolute Gasteiger partial charge is 0.341 e. The van der Waals surface area contributed by atoms with Crippen LogP contribution in [0.2, 0.25) is 0 Å². The fourth-order valence-corrected chi connectivity index (χ4v) is 7.17. The summed E-state index contributed by atoms with van der Waals surface area (Å²) < 4.78 is 55.2. The summed E-state index contributed by atoms with van der Waals surface area (Å²) in [6.07, 6.45) is 0.558. The highest BCUT2D eigenvalue weighted by Crippen LogP contribution is 2.40. The lowest BCUT2D eigenvalue weighted by Gasteiger charge is -2.18. The molecule has 3 heterocycles. The van der Waals surface area contributed by atoms with Crippen molar-refractivity contribution in [3.05, 3.63) is 36.2 Å². The monoisotopic (exact) mass is 532 g/mol. The van der Waals surface area contributed by atoms with Crippen LogP contribution in [0.15, 0.2) is 40.1 Å². The van der Waals surface area contributed by atoms with Crippen molar-refractivity contribution < 1.29 is 16.8 Å². The van der Waals surface area contributed by atoms with Gasteiger partial charge in [-0.25, -0.2) is 31.7 Å². The molecule has 2 aromatic carbocycles. The third-order valence-corrected chi connectivity index (χ3v) is 8.58. The van der Waals surface area contributed by atoms with Gasteiger partial charge in [-0.1, -0.05) is 18.2 Å². The lowest BCUT2D eigenvalue weighted by Crippen LogP contribution is -2.37. The minimum absolute atomic E-state index is 0.114. The van der Waals surface area contributed by atoms with E-state index in [1.165, 1.54) is 12.1 Å².